The van der Waals surface area contributed by atoms with E-state index in [1.807, 2.05) is 11.8 Å². The fourth-order valence-electron chi connectivity index (χ4n) is 3.98. The molecule has 0 saturated carbocycles. The van der Waals surface area contributed by atoms with Crippen LogP contribution in [0.4, 0.5) is 0 Å². The molecule has 0 radical (unpaired) electrons. The summed E-state index contributed by atoms with van der Waals surface area (Å²) in [5, 5.41) is 0. The molecule has 0 aromatic heterocycles. The van der Waals surface area contributed by atoms with Gasteiger partial charge in [-0.1, -0.05) is 36.5 Å². The molecule has 0 fully saturated rings. The molecule has 2 aromatic rings. The monoisotopic (exact) mass is 321 g/mol. The average molecular weight is 321 g/mol. The van der Waals surface area contributed by atoms with Crippen molar-refractivity contribution in [3.05, 3.63) is 64.2 Å². The maximum Gasteiger partial charge on any atom is 0.0326 e. The van der Waals surface area contributed by atoms with Crippen LogP contribution in [0.3, 0.4) is 0 Å². The van der Waals surface area contributed by atoms with Gasteiger partial charge in [-0.05, 0) is 79.3 Å². The lowest BCUT2D eigenvalue weighted by Gasteiger charge is -2.17. The average Bonchev–Trinajstić information content (AvgIpc) is 3.15. The predicted molar refractivity (Wildman–Crippen MR) is 99.0 cm³/mol. The number of benzene rings is 2. The minimum atomic E-state index is 0.664. The van der Waals surface area contributed by atoms with Gasteiger partial charge in [-0.25, -0.2) is 0 Å². The number of nitrogens with two attached hydrogens (primary N) is 1. The van der Waals surface area contributed by atoms with Gasteiger partial charge in [0, 0.05) is 21.1 Å². The van der Waals surface area contributed by atoms with E-state index in [2.05, 4.69) is 37.8 Å². The van der Waals surface area contributed by atoms with E-state index in [1.54, 1.807) is 22.3 Å². The summed E-state index contributed by atoms with van der Waals surface area (Å²) >= 11 is 1.93. The van der Waals surface area contributed by atoms with Crippen LogP contribution in [-0.2, 0) is 25.7 Å². The minimum absolute atomic E-state index is 0.664. The molecule has 2 N–H and O–H groups in total. The van der Waals surface area contributed by atoms with E-state index in [-0.39, 0.29) is 0 Å². The van der Waals surface area contributed by atoms with Crippen LogP contribution in [0.1, 0.15) is 46.2 Å². The molecule has 0 aliphatic heterocycles. The molecule has 0 unspecified atom stereocenters. The predicted octanol–water partition coefficient (Wildman–Crippen LogP) is 5.05. The van der Waals surface area contributed by atoms with Crippen molar-refractivity contribution in [2.75, 3.05) is 0 Å². The van der Waals surface area contributed by atoms with E-state index < -0.39 is 0 Å². The van der Waals surface area contributed by atoms with Gasteiger partial charge in [-0.15, -0.1) is 0 Å². The smallest absolute Gasteiger partial charge is 0.0326 e. The van der Waals surface area contributed by atoms with Crippen LogP contribution in [0.15, 0.2) is 40.6 Å². The molecule has 0 saturated heterocycles. The summed E-state index contributed by atoms with van der Waals surface area (Å²) in [7, 11) is 0. The van der Waals surface area contributed by atoms with Crippen molar-refractivity contribution >= 4 is 17.5 Å². The Hall–Kier alpha value is -1.67. The maximum atomic E-state index is 6.04. The first kappa shape index (κ1) is 14.9. The van der Waals surface area contributed by atoms with E-state index in [1.165, 1.54) is 53.9 Å². The molecule has 0 amide bonds. The zero-order valence-corrected chi connectivity index (χ0v) is 14.6. The Labute approximate surface area is 143 Å². The zero-order valence-electron chi connectivity index (χ0n) is 13.7. The Balaban J connectivity index is 1.85. The van der Waals surface area contributed by atoms with E-state index >= 15 is 0 Å². The summed E-state index contributed by atoms with van der Waals surface area (Å²) in [5.74, 6) is 0. The van der Waals surface area contributed by atoms with Crippen LogP contribution in [0.25, 0.3) is 5.70 Å². The molecule has 2 aliphatic carbocycles. The second-order valence-electron chi connectivity index (χ2n) is 6.82. The van der Waals surface area contributed by atoms with Crippen LogP contribution in [-0.4, -0.2) is 0 Å². The molecule has 2 heteroatoms. The first-order valence-corrected chi connectivity index (χ1v) is 9.35. The van der Waals surface area contributed by atoms with Crippen molar-refractivity contribution in [1.82, 2.24) is 0 Å². The summed E-state index contributed by atoms with van der Waals surface area (Å²) < 4.78 is 0. The van der Waals surface area contributed by atoms with Crippen LogP contribution < -0.4 is 5.73 Å². The highest BCUT2D eigenvalue weighted by Gasteiger charge is 2.25. The summed E-state index contributed by atoms with van der Waals surface area (Å²) in [6.45, 7) is 6.11. The summed E-state index contributed by atoms with van der Waals surface area (Å²) in [5.41, 5.74) is 15.5. The molecule has 0 atom stereocenters. The maximum absolute atomic E-state index is 6.04. The van der Waals surface area contributed by atoms with Crippen molar-refractivity contribution in [2.24, 2.45) is 5.73 Å². The number of hydrogen-bond acceptors (Lipinski definition) is 2. The Kier molecular flexibility index (Phi) is 3.73. The Morgan fingerprint density at radius 2 is 1.65 bits per heavy atom. The third kappa shape index (κ3) is 2.59. The number of aryl methyl sites for hydroxylation is 3. The molecule has 2 aromatic carbocycles. The molecule has 23 heavy (non-hydrogen) atoms. The lowest BCUT2D eigenvalue weighted by molar-refractivity contribution is 0.885. The highest BCUT2D eigenvalue weighted by atomic mass is 32.2. The minimum Gasteiger partial charge on any atom is -0.399 e. The Morgan fingerprint density at radius 1 is 1.00 bits per heavy atom. The van der Waals surface area contributed by atoms with Gasteiger partial charge in [-0.2, -0.15) is 0 Å². The van der Waals surface area contributed by atoms with Crippen molar-refractivity contribution in [1.29, 1.82) is 0 Å². The zero-order chi connectivity index (χ0) is 16.0. The van der Waals surface area contributed by atoms with Gasteiger partial charge in [0.15, 0.2) is 0 Å². The molecule has 0 heterocycles. The topological polar surface area (TPSA) is 26.0 Å². The molecule has 0 spiro atoms. The van der Waals surface area contributed by atoms with E-state index in [4.69, 9.17) is 5.73 Å². The Bertz CT molecular complexity index is 772. The third-order valence-electron chi connectivity index (χ3n) is 5.11. The van der Waals surface area contributed by atoms with E-state index in [9.17, 15) is 0 Å². The van der Waals surface area contributed by atoms with Gasteiger partial charge >= 0.3 is 0 Å². The first-order valence-electron chi connectivity index (χ1n) is 8.53. The first-order chi connectivity index (χ1) is 11.1. The molecule has 118 valence electrons. The van der Waals surface area contributed by atoms with Crippen LogP contribution >= 0.6 is 11.8 Å². The quantitative estimate of drug-likeness (QED) is 0.856. The molecule has 0 bridgehead atoms. The molecule has 4 rings (SSSR count). The largest absolute Gasteiger partial charge is 0.399 e. The van der Waals surface area contributed by atoms with Crippen molar-refractivity contribution in [3.63, 3.8) is 0 Å². The number of hydrogen-bond donors (Lipinski definition) is 1. The lowest BCUT2D eigenvalue weighted by Crippen LogP contribution is -1.99. The highest BCUT2D eigenvalue weighted by molar-refractivity contribution is 7.99. The standard InChI is InChI=1S/C21H23NS/c1-13-9-10-17(14(2)22)20(11-13)23-21-18-7-3-5-15(18)12-16-6-4-8-19(16)21/h9-12H,2-8,22H2,1H3. The van der Waals surface area contributed by atoms with Gasteiger partial charge in [-0.3, -0.25) is 0 Å². The lowest BCUT2D eigenvalue weighted by atomic mass is 10.0. The molecular formula is C21H23NS. The summed E-state index contributed by atoms with van der Waals surface area (Å²) in [6.07, 6.45) is 7.57. The molecular weight excluding hydrogens is 298 g/mol. The number of rotatable bonds is 3. The van der Waals surface area contributed by atoms with Crippen LogP contribution in [0.2, 0.25) is 0 Å². The number of fused-ring (bicyclic) bond motifs is 2. The normalized spacial score (nSPS) is 15.5. The van der Waals surface area contributed by atoms with Gasteiger partial charge < -0.3 is 5.73 Å². The fourth-order valence-corrected chi connectivity index (χ4v) is 5.46. The van der Waals surface area contributed by atoms with E-state index in [0.717, 1.165) is 5.56 Å². The van der Waals surface area contributed by atoms with Crippen molar-refractivity contribution < 1.29 is 0 Å². The van der Waals surface area contributed by atoms with E-state index in [0.29, 0.717) is 5.70 Å². The second kappa shape index (κ2) is 5.76. The SMILES string of the molecule is C=C(N)c1ccc(C)cc1Sc1c2c(cc3c1CCC3)CCC2. The highest BCUT2D eigenvalue weighted by Crippen LogP contribution is 2.44. The van der Waals surface area contributed by atoms with Crippen LogP contribution in [0, 0.1) is 6.92 Å². The Morgan fingerprint density at radius 3 is 2.26 bits per heavy atom. The van der Waals surface area contributed by atoms with Gasteiger partial charge in [0.1, 0.15) is 0 Å². The second-order valence-corrected chi connectivity index (χ2v) is 7.87. The van der Waals surface area contributed by atoms with Crippen molar-refractivity contribution in [2.45, 2.75) is 55.2 Å². The van der Waals surface area contributed by atoms with Crippen LogP contribution in [0.5, 0.6) is 0 Å². The fraction of sp³-hybridized carbons (Fsp3) is 0.333. The molecule has 2 aliphatic rings. The molecule has 1 nitrogen and oxygen atoms in total. The summed E-state index contributed by atoms with van der Waals surface area (Å²) in [6, 6.07) is 8.99. The third-order valence-corrected chi connectivity index (χ3v) is 6.37. The van der Waals surface area contributed by atoms with Gasteiger partial charge in [0.05, 0.1) is 0 Å². The van der Waals surface area contributed by atoms with Gasteiger partial charge in [0.2, 0.25) is 0 Å². The van der Waals surface area contributed by atoms with Gasteiger partial charge in [0.25, 0.3) is 0 Å². The summed E-state index contributed by atoms with van der Waals surface area (Å²) in [4.78, 5) is 2.78. The van der Waals surface area contributed by atoms with Crippen molar-refractivity contribution in [3.8, 4) is 0 Å².